The molecule has 0 aromatic heterocycles. The Morgan fingerprint density at radius 2 is 1.70 bits per heavy atom. The Balaban J connectivity index is 1.66. The van der Waals surface area contributed by atoms with Gasteiger partial charge in [0.05, 0.1) is 11.1 Å². The van der Waals surface area contributed by atoms with E-state index in [1.165, 1.54) is 0 Å². The number of hydrogen-bond donors (Lipinski definition) is 0. The Morgan fingerprint density at radius 1 is 1.00 bits per heavy atom. The molecule has 1 aliphatic heterocycles. The van der Waals surface area contributed by atoms with E-state index in [1.807, 2.05) is 30.3 Å². The number of nitrogens with zero attached hydrogens (tertiary/aromatic N) is 1. The van der Waals surface area contributed by atoms with Crippen molar-refractivity contribution < 1.29 is 19.1 Å². The first-order chi connectivity index (χ1) is 11.1. The number of hydrogen-bond acceptors (Lipinski definition) is 4. The average Bonchev–Trinajstić information content (AvgIpc) is 2.78. The maximum absolute atomic E-state index is 12.2. The molecule has 2 aromatic rings. The molecule has 116 valence electrons. The summed E-state index contributed by atoms with van der Waals surface area (Å²) in [6, 6.07) is 14.0. The highest BCUT2D eigenvalue weighted by Gasteiger charge is 2.37. The molecule has 3 rings (SSSR count). The number of benzene rings is 2. The van der Waals surface area contributed by atoms with Gasteiger partial charge in [0.15, 0.2) is 0 Å². The Labute approximate surface area is 141 Å². The van der Waals surface area contributed by atoms with Crippen LogP contribution in [0.3, 0.4) is 0 Å². The molecular formula is C17H12BrNO4. The molecule has 0 saturated heterocycles. The van der Waals surface area contributed by atoms with Crippen molar-refractivity contribution in [2.45, 2.75) is 6.61 Å². The summed E-state index contributed by atoms with van der Waals surface area (Å²) in [7, 11) is 0. The molecule has 1 heterocycles. The van der Waals surface area contributed by atoms with Gasteiger partial charge in [0, 0.05) is 4.47 Å². The first-order valence-corrected chi connectivity index (χ1v) is 7.71. The Bertz CT molecular complexity index is 788. The molecule has 0 fully saturated rings. The van der Waals surface area contributed by atoms with Gasteiger partial charge in [-0.1, -0.05) is 46.3 Å². The van der Waals surface area contributed by atoms with E-state index in [0.717, 1.165) is 10.5 Å². The summed E-state index contributed by atoms with van der Waals surface area (Å²) in [5.74, 6) is -1.58. The van der Waals surface area contributed by atoms with Crippen molar-refractivity contribution >= 4 is 33.7 Å². The monoisotopic (exact) mass is 373 g/mol. The highest BCUT2D eigenvalue weighted by atomic mass is 79.9. The first kappa shape index (κ1) is 15.4. The summed E-state index contributed by atoms with van der Waals surface area (Å²) in [6.45, 7) is -0.287. The van der Waals surface area contributed by atoms with Gasteiger partial charge in [0.25, 0.3) is 11.8 Å². The molecule has 0 radical (unpaired) electrons. The van der Waals surface area contributed by atoms with Crippen molar-refractivity contribution in [1.82, 2.24) is 4.90 Å². The fourth-order valence-electron chi connectivity index (χ4n) is 2.32. The highest BCUT2D eigenvalue weighted by Crippen LogP contribution is 2.25. The van der Waals surface area contributed by atoms with Crippen LogP contribution < -0.4 is 0 Å². The molecule has 0 N–H and O–H groups in total. The van der Waals surface area contributed by atoms with E-state index in [4.69, 9.17) is 4.74 Å². The fraction of sp³-hybridized carbons (Fsp3) is 0.118. The van der Waals surface area contributed by atoms with Gasteiger partial charge in [0.2, 0.25) is 0 Å². The Hall–Kier alpha value is -2.47. The third kappa shape index (κ3) is 3.17. The molecule has 1 aliphatic rings. The Kier molecular flexibility index (Phi) is 4.25. The molecule has 2 amide bonds. The molecule has 2 aromatic carbocycles. The van der Waals surface area contributed by atoms with E-state index in [9.17, 15) is 14.4 Å². The van der Waals surface area contributed by atoms with Gasteiger partial charge in [-0.25, -0.2) is 0 Å². The van der Waals surface area contributed by atoms with E-state index in [0.29, 0.717) is 15.6 Å². The Morgan fingerprint density at radius 3 is 2.43 bits per heavy atom. The van der Waals surface area contributed by atoms with Crippen LogP contribution in [-0.4, -0.2) is 29.2 Å². The van der Waals surface area contributed by atoms with Crippen LogP contribution in [0.2, 0.25) is 0 Å². The van der Waals surface area contributed by atoms with E-state index < -0.39 is 24.3 Å². The number of carbonyl (C=O) groups is 3. The number of carbonyl (C=O) groups excluding carboxylic acids is 3. The smallest absolute Gasteiger partial charge is 0.326 e. The zero-order valence-corrected chi connectivity index (χ0v) is 13.6. The topological polar surface area (TPSA) is 63.7 Å². The molecule has 0 atom stereocenters. The lowest BCUT2D eigenvalue weighted by Gasteiger charge is -2.13. The highest BCUT2D eigenvalue weighted by molar-refractivity contribution is 9.10. The van der Waals surface area contributed by atoms with E-state index in [2.05, 4.69) is 15.9 Å². The van der Waals surface area contributed by atoms with Gasteiger partial charge >= 0.3 is 5.97 Å². The van der Waals surface area contributed by atoms with Gasteiger partial charge in [-0.2, -0.15) is 0 Å². The van der Waals surface area contributed by atoms with Gasteiger partial charge < -0.3 is 4.74 Å². The molecule has 0 aliphatic carbocycles. The number of amides is 2. The SMILES string of the molecule is O=C(CN1C(=O)c2ccc(Br)cc2C1=O)OCc1ccccc1. The largest absolute Gasteiger partial charge is 0.459 e. The van der Waals surface area contributed by atoms with Crippen LogP contribution in [0.5, 0.6) is 0 Å². The maximum atomic E-state index is 12.2. The van der Waals surface area contributed by atoms with Gasteiger partial charge in [-0.15, -0.1) is 0 Å². The van der Waals surface area contributed by atoms with Crippen LogP contribution in [0.1, 0.15) is 26.3 Å². The van der Waals surface area contributed by atoms with Crippen molar-refractivity contribution in [3.05, 3.63) is 69.7 Å². The summed E-state index contributed by atoms with van der Waals surface area (Å²) in [5, 5.41) is 0. The van der Waals surface area contributed by atoms with Crippen LogP contribution in [0.4, 0.5) is 0 Å². The number of rotatable bonds is 4. The van der Waals surface area contributed by atoms with E-state index >= 15 is 0 Å². The second-order valence-corrected chi connectivity index (χ2v) is 5.95. The van der Waals surface area contributed by atoms with E-state index in [1.54, 1.807) is 18.2 Å². The minimum absolute atomic E-state index is 0.106. The first-order valence-electron chi connectivity index (χ1n) is 6.91. The summed E-state index contributed by atoms with van der Waals surface area (Å²) in [6.07, 6.45) is 0. The zero-order chi connectivity index (χ0) is 16.4. The molecule has 0 unspecified atom stereocenters. The van der Waals surface area contributed by atoms with Crippen LogP contribution in [-0.2, 0) is 16.1 Å². The molecular weight excluding hydrogens is 362 g/mol. The van der Waals surface area contributed by atoms with Crippen molar-refractivity contribution in [3.63, 3.8) is 0 Å². The lowest BCUT2D eigenvalue weighted by molar-refractivity contribution is -0.145. The molecule has 5 nitrogen and oxygen atoms in total. The molecule has 23 heavy (non-hydrogen) atoms. The van der Waals surface area contributed by atoms with Crippen LogP contribution in [0, 0.1) is 0 Å². The number of fused-ring (bicyclic) bond motifs is 1. The predicted molar refractivity (Wildman–Crippen MR) is 85.7 cm³/mol. The van der Waals surface area contributed by atoms with Crippen LogP contribution in [0.15, 0.2) is 53.0 Å². The second kappa shape index (κ2) is 6.34. The molecule has 0 saturated carbocycles. The standard InChI is InChI=1S/C17H12BrNO4/c18-12-6-7-13-14(8-12)17(22)19(16(13)21)9-15(20)23-10-11-4-2-1-3-5-11/h1-8H,9-10H2. The third-order valence-corrected chi connectivity index (χ3v) is 3.96. The number of imide groups is 1. The number of halogens is 1. The minimum atomic E-state index is -0.623. The third-order valence-electron chi connectivity index (χ3n) is 3.46. The van der Waals surface area contributed by atoms with E-state index in [-0.39, 0.29) is 6.61 Å². The molecule has 0 bridgehead atoms. The summed E-state index contributed by atoms with van der Waals surface area (Å²) < 4.78 is 5.81. The fourth-order valence-corrected chi connectivity index (χ4v) is 2.68. The van der Waals surface area contributed by atoms with Crippen molar-refractivity contribution in [3.8, 4) is 0 Å². The van der Waals surface area contributed by atoms with Crippen molar-refractivity contribution in [2.75, 3.05) is 6.54 Å². The predicted octanol–water partition coefficient (Wildman–Crippen LogP) is 2.79. The van der Waals surface area contributed by atoms with Crippen LogP contribution in [0.25, 0.3) is 0 Å². The zero-order valence-electron chi connectivity index (χ0n) is 12.0. The lowest BCUT2D eigenvalue weighted by atomic mass is 10.1. The normalized spacial score (nSPS) is 13.2. The number of ether oxygens (including phenoxy) is 1. The summed E-state index contributed by atoms with van der Waals surface area (Å²) in [5.41, 5.74) is 1.43. The second-order valence-electron chi connectivity index (χ2n) is 5.03. The quantitative estimate of drug-likeness (QED) is 0.610. The average molecular weight is 374 g/mol. The summed E-state index contributed by atoms with van der Waals surface area (Å²) >= 11 is 3.26. The molecule has 0 spiro atoms. The number of esters is 1. The summed E-state index contributed by atoms with van der Waals surface area (Å²) in [4.78, 5) is 37.3. The van der Waals surface area contributed by atoms with Crippen molar-refractivity contribution in [1.29, 1.82) is 0 Å². The van der Waals surface area contributed by atoms with Gasteiger partial charge in [-0.05, 0) is 23.8 Å². The minimum Gasteiger partial charge on any atom is -0.459 e. The van der Waals surface area contributed by atoms with Crippen LogP contribution >= 0.6 is 15.9 Å². The lowest BCUT2D eigenvalue weighted by Crippen LogP contribution is -2.35. The maximum Gasteiger partial charge on any atom is 0.326 e. The van der Waals surface area contributed by atoms with Gasteiger partial charge in [0.1, 0.15) is 13.2 Å². The van der Waals surface area contributed by atoms with Crippen molar-refractivity contribution in [2.24, 2.45) is 0 Å². The van der Waals surface area contributed by atoms with Gasteiger partial charge in [-0.3, -0.25) is 19.3 Å². The molecule has 6 heteroatoms.